The van der Waals surface area contributed by atoms with Crippen LogP contribution >= 0.6 is 11.6 Å². The number of nitrogen functional groups attached to an aromatic ring is 1. The van der Waals surface area contributed by atoms with Gasteiger partial charge in [-0.3, -0.25) is 0 Å². The fraction of sp³-hybridized carbons (Fsp3) is 0.0714. The third kappa shape index (κ3) is 4.56. The number of aliphatic carboxylic acids is 1. The van der Waals surface area contributed by atoms with Crippen molar-refractivity contribution in [1.29, 1.82) is 0 Å². The molecule has 1 unspecified atom stereocenters. The van der Waals surface area contributed by atoms with Gasteiger partial charge in [0.1, 0.15) is 0 Å². The number of halogens is 1. The zero-order chi connectivity index (χ0) is 14.7. The number of hydrogen-bond donors (Lipinski definition) is 1. The SMILES string of the molecule is Nc1c(CC(=O)[O-])cccc1S(=O)c1ccc(Cl)cc1.[Na+]. The molecule has 0 spiro atoms. The number of anilines is 1. The van der Waals surface area contributed by atoms with Gasteiger partial charge in [0.25, 0.3) is 0 Å². The maximum atomic E-state index is 12.4. The van der Waals surface area contributed by atoms with Gasteiger partial charge in [0.05, 0.1) is 21.4 Å². The molecule has 0 saturated heterocycles. The molecule has 104 valence electrons. The molecule has 0 radical (unpaired) electrons. The van der Waals surface area contributed by atoms with Crippen LogP contribution in [0.25, 0.3) is 0 Å². The van der Waals surface area contributed by atoms with Crippen molar-refractivity contribution < 1.29 is 43.7 Å². The van der Waals surface area contributed by atoms with Crippen molar-refractivity contribution in [2.24, 2.45) is 0 Å². The topological polar surface area (TPSA) is 83.2 Å². The van der Waals surface area contributed by atoms with Crippen LogP contribution in [-0.4, -0.2) is 10.2 Å². The molecule has 0 saturated carbocycles. The van der Waals surface area contributed by atoms with Crippen molar-refractivity contribution in [3.63, 3.8) is 0 Å². The Morgan fingerprint density at radius 2 is 1.81 bits per heavy atom. The van der Waals surface area contributed by atoms with Crippen LogP contribution < -0.4 is 40.4 Å². The van der Waals surface area contributed by atoms with E-state index in [-0.39, 0.29) is 41.7 Å². The average molecular weight is 332 g/mol. The molecular formula is C14H11ClNNaO3S. The number of nitrogens with two attached hydrogens (primary N) is 1. The van der Waals surface area contributed by atoms with Gasteiger partial charge in [-0.1, -0.05) is 23.7 Å². The Bertz CT molecular complexity index is 676. The Balaban J connectivity index is 0.00000220. The summed E-state index contributed by atoms with van der Waals surface area (Å²) in [6.07, 6.45) is -0.308. The van der Waals surface area contributed by atoms with E-state index in [1.807, 2.05) is 0 Å². The molecule has 4 nitrogen and oxygen atoms in total. The molecule has 2 rings (SSSR count). The molecule has 0 bridgehead atoms. The summed E-state index contributed by atoms with van der Waals surface area (Å²) >= 11 is 5.78. The van der Waals surface area contributed by atoms with Crippen LogP contribution in [0.3, 0.4) is 0 Å². The maximum absolute atomic E-state index is 12.4. The van der Waals surface area contributed by atoms with E-state index in [1.165, 1.54) is 0 Å². The second-order valence-electron chi connectivity index (χ2n) is 4.10. The van der Waals surface area contributed by atoms with Gasteiger partial charge in [0, 0.05) is 22.3 Å². The van der Waals surface area contributed by atoms with E-state index in [2.05, 4.69) is 0 Å². The third-order valence-electron chi connectivity index (χ3n) is 2.72. The number of benzene rings is 2. The molecule has 2 aromatic carbocycles. The van der Waals surface area contributed by atoms with Crippen LogP contribution in [-0.2, 0) is 22.0 Å². The van der Waals surface area contributed by atoms with E-state index in [9.17, 15) is 14.1 Å². The van der Waals surface area contributed by atoms with Gasteiger partial charge in [0.15, 0.2) is 0 Å². The molecule has 0 heterocycles. The molecule has 0 aromatic heterocycles. The van der Waals surface area contributed by atoms with Crippen LogP contribution in [0.5, 0.6) is 0 Å². The average Bonchev–Trinajstić information content (AvgIpc) is 2.41. The van der Waals surface area contributed by atoms with Crippen molar-refractivity contribution >= 4 is 34.1 Å². The van der Waals surface area contributed by atoms with Gasteiger partial charge in [-0.25, -0.2) is 4.21 Å². The number of carboxylic acids is 1. The maximum Gasteiger partial charge on any atom is 1.00 e. The van der Waals surface area contributed by atoms with Crippen LogP contribution in [0.15, 0.2) is 52.3 Å². The fourth-order valence-corrected chi connectivity index (χ4v) is 3.04. The minimum atomic E-state index is -1.49. The Hall–Kier alpha value is -0.850. The van der Waals surface area contributed by atoms with Crippen LogP contribution in [0.1, 0.15) is 5.56 Å². The van der Waals surface area contributed by atoms with E-state index in [4.69, 9.17) is 17.3 Å². The second kappa shape index (κ2) is 7.96. The molecule has 2 aromatic rings. The van der Waals surface area contributed by atoms with Gasteiger partial charge in [-0.05, 0) is 35.9 Å². The summed E-state index contributed by atoms with van der Waals surface area (Å²) in [5.74, 6) is -1.23. The van der Waals surface area contributed by atoms with Gasteiger partial charge in [-0.15, -0.1) is 0 Å². The van der Waals surface area contributed by atoms with Gasteiger partial charge in [-0.2, -0.15) is 0 Å². The molecule has 0 aliphatic carbocycles. The molecule has 21 heavy (non-hydrogen) atoms. The number of rotatable bonds is 4. The minimum absolute atomic E-state index is 0. The first kappa shape index (κ1) is 18.2. The molecule has 0 amide bonds. The van der Waals surface area contributed by atoms with Crippen molar-refractivity contribution in [2.75, 3.05) is 5.73 Å². The molecule has 0 fully saturated rings. The normalized spacial score (nSPS) is 11.5. The molecular weight excluding hydrogens is 321 g/mol. The monoisotopic (exact) mass is 331 g/mol. The van der Waals surface area contributed by atoms with Gasteiger partial charge in [0.2, 0.25) is 0 Å². The minimum Gasteiger partial charge on any atom is -0.550 e. The Morgan fingerprint density at radius 1 is 1.19 bits per heavy atom. The molecule has 7 heteroatoms. The number of carbonyl (C=O) groups excluding carboxylic acids is 1. The first-order chi connectivity index (χ1) is 9.49. The molecule has 2 N–H and O–H groups in total. The van der Waals surface area contributed by atoms with Gasteiger partial charge >= 0.3 is 29.6 Å². The van der Waals surface area contributed by atoms with Crippen LogP contribution in [0.2, 0.25) is 5.02 Å². The van der Waals surface area contributed by atoms with Crippen LogP contribution in [0.4, 0.5) is 5.69 Å². The first-order valence-electron chi connectivity index (χ1n) is 5.73. The van der Waals surface area contributed by atoms with E-state index in [0.717, 1.165) is 0 Å². The van der Waals surface area contributed by atoms with E-state index < -0.39 is 16.8 Å². The Morgan fingerprint density at radius 3 is 2.38 bits per heavy atom. The van der Waals surface area contributed by atoms with E-state index in [0.29, 0.717) is 20.4 Å². The van der Waals surface area contributed by atoms with Crippen molar-refractivity contribution in [3.05, 3.63) is 53.1 Å². The second-order valence-corrected chi connectivity index (χ2v) is 5.99. The number of hydrogen-bond acceptors (Lipinski definition) is 4. The zero-order valence-electron chi connectivity index (χ0n) is 11.3. The van der Waals surface area contributed by atoms with E-state index in [1.54, 1.807) is 42.5 Å². The first-order valence-corrected chi connectivity index (χ1v) is 7.26. The third-order valence-corrected chi connectivity index (χ3v) is 4.43. The van der Waals surface area contributed by atoms with Crippen molar-refractivity contribution in [1.82, 2.24) is 0 Å². The standard InChI is InChI=1S/C14H12ClNO3S.Na/c15-10-4-6-11(7-5-10)20(19)12-3-1-2-9(14(12)16)8-13(17)18;/h1-7H,8,16H2,(H,17,18);/q;+1/p-1. The zero-order valence-corrected chi connectivity index (χ0v) is 14.9. The predicted octanol–water partition coefficient (Wildman–Crippen LogP) is -1.61. The number of carboxylic acid groups (broad SMARTS) is 1. The largest absolute Gasteiger partial charge is 1.00 e. The number of carbonyl (C=O) groups is 1. The number of para-hydroxylation sites is 1. The quantitative estimate of drug-likeness (QED) is 0.539. The molecule has 1 atom stereocenters. The van der Waals surface area contributed by atoms with Gasteiger partial charge < -0.3 is 15.6 Å². The molecule has 0 aliphatic heterocycles. The summed E-state index contributed by atoms with van der Waals surface area (Å²) in [5, 5.41) is 11.2. The van der Waals surface area contributed by atoms with E-state index >= 15 is 0 Å². The fourth-order valence-electron chi connectivity index (χ4n) is 1.75. The summed E-state index contributed by atoms with van der Waals surface area (Å²) in [7, 11) is -1.49. The summed E-state index contributed by atoms with van der Waals surface area (Å²) < 4.78 is 12.4. The summed E-state index contributed by atoms with van der Waals surface area (Å²) in [6.45, 7) is 0. The summed E-state index contributed by atoms with van der Waals surface area (Å²) in [6, 6.07) is 11.4. The van der Waals surface area contributed by atoms with Crippen molar-refractivity contribution in [3.8, 4) is 0 Å². The summed E-state index contributed by atoms with van der Waals surface area (Å²) in [4.78, 5) is 11.6. The molecule has 0 aliphatic rings. The van der Waals surface area contributed by atoms with Crippen molar-refractivity contribution in [2.45, 2.75) is 16.2 Å². The Kier molecular flexibility index (Phi) is 6.90. The van der Waals surface area contributed by atoms with Crippen LogP contribution in [0, 0.1) is 0 Å². The predicted molar refractivity (Wildman–Crippen MR) is 75.7 cm³/mol. The smallest absolute Gasteiger partial charge is 0.550 e. The Labute approximate surface area is 152 Å². The summed E-state index contributed by atoms with van der Waals surface area (Å²) in [5.41, 5.74) is 6.50.